The summed E-state index contributed by atoms with van der Waals surface area (Å²) in [7, 11) is 0. The zero-order chi connectivity index (χ0) is 37.5. The van der Waals surface area contributed by atoms with Gasteiger partial charge in [0.25, 0.3) is 0 Å². The summed E-state index contributed by atoms with van der Waals surface area (Å²) in [6, 6.07) is 62.4. The predicted molar refractivity (Wildman–Crippen MR) is 235 cm³/mol. The summed E-state index contributed by atoms with van der Waals surface area (Å²) in [5, 5.41) is 1.34. The molecule has 1 heterocycles. The van der Waals surface area contributed by atoms with Crippen molar-refractivity contribution in [1.82, 2.24) is 4.57 Å². The molecule has 0 N–H and O–H groups in total. The molecule has 2 aliphatic rings. The van der Waals surface area contributed by atoms with Crippen LogP contribution in [0.25, 0.3) is 56.0 Å². The van der Waals surface area contributed by atoms with Crippen LogP contribution >= 0.6 is 0 Å². The molecular formula is C53H46N2. The van der Waals surface area contributed by atoms with Crippen LogP contribution in [0.1, 0.15) is 56.5 Å². The van der Waals surface area contributed by atoms with Gasteiger partial charge in [0.2, 0.25) is 0 Å². The Balaban J connectivity index is 0.00000195. The van der Waals surface area contributed by atoms with E-state index in [9.17, 15) is 0 Å². The number of aryl methyl sites for hydroxylation is 1. The molecule has 7 aromatic carbocycles. The van der Waals surface area contributed by atoms with E-state index in [2.05, 4.69) is 205 Å². The number of anilines is 3. The molecule has 0 radical (unpaired) electrons. The topological polar surface area (TPSA) is 8.17 Å². The van der Waals surface area contributed by atoms with Gasteiger partial charge < -0.3 is 9.47 Å². The first-order valence-corrected chi connectivity index (χ1v) is 19.7. The van der Waals surface area contributed by atoms with Crippen LogP contribution in [-0.4, -0.2) is 4.57 Å². The van der Waals surface area contributed by atoms with Crippen LogP contribution in [0.2, 0.25) is 0 Å². The first-order chi connectivity index (χ1) is 27.0. The Labute approximate surface area is 325 Å². The molecule has 0 fully saturated rings. The van der Waals surface area contributed by atoms with E-state index < -0.39 is 0 Å². The third-order valence-electron chi connectivity index (χ3n) is 11.5. The second kappa shape index (κ2) is 14.1. The fourth-order valence-corrected chi connectivity index (χ4v) is 8.79. The first-order valence-electron chi connectivity index (χ1n) is 19.7. The molecule has 0 spiro atoms. The van der Waals surface area contributed by atoms with Crippen molar-refractivity contribution < 1.29 is 0 Å². The Bertz CT molecular complexity index is 2660. The van der Waals surface area contributed by atoms with E-state index in [1.807, 2.05) is 13.8 Å². The Morgan fingerprint density at radius 1 is 0.509 bits per heavy atom. The van der Waals surface area contributed by atoms with Crippen molar-refractivity contribution in [3.05, 3.63) is 198 Å². The molecule has 0 saturated heterocycles. The Morgan fingerprint density at radius 2 is 1.07 bits per heavy atom. The minimum absolute atomic E-state index is 0.0816. The monoisotopic (exact) mass is 710 g/mol. The number of benzene rings is 7. The SMILES string of the molecule is CC.CC1(C)c2ccccc2-c2ccc(N(c3ccc(-c4ccccc4)cc3)c3ccc(-c4ccc5c(c4)c4c(n5-c5ccccc5)C=CCC4)cc3)cc21. The number of nitrogens with zero attached hydrogens (tertiary/aromatic N) is 2. The van der Waals surface area contributed by atoms with E-state index in [-0.39, 0.29) is 5.41 Å². The second-order valence-electron chi connectivity index (χ2n) is 14.9. The van der Waals surface area contributed by atoms with Crippen LogP contribution in [0.15, 0.2) is 176 Å². The molecule has 0 atom stereocenters. The van der Waals surface area contributed by atoms with Gasteiger partial charge in [-0.15, -0.1) is 0 Å². The lowest BCUT2D eigenvalue weighted by Crippen LogP contribution is -2.16. The molecule has 2 heteroatoms. The number of hydrogen-bond donors (Lipinski definition) is 0. The van der Waals surface area contributed by atoms with E-state index in [0.717, 1.165) is 29.9 Å². The Kier molecular flexibility index (Phi) is 8.83. The molecular weight excluding hydrogens is 665 g/mol. The maximum absolute atomic E-state index is 2.42. The van der Waals surface area contributed by atoms with Crippen molar-refractivity contribution in [2.75, 3.05) is 4.90 Å². The van der Waals surface area contributed by atoms with Crippen LogP contribution < -0.4 is 4.90 Å². The summed E-state index contributed by atoms with van der Waals surface area (Å²) in [4.78, 5) is 2.41. The van der Waals surface area contributed by atoms with Crippen molar-refractivity contribution in [3.8, 4) is 39.1 Å². The third kappa shape index (κ3) is 5.90. The number of aromatic nitrogens is 1. The summed E-state index contributed by atoms with van der Waals surface area (Å²) < 4.78 is 2.42. The van der Waals surface area contributed by atoms with Gasteiger partial charge in [0.05, 0.1) is 5.52 Å². The zero-order valence-corrected chi connectivity index (χ0v) is 32.1. The lowest BCUT2D eigenvalue weighted by Gasteiger charge is -2.28. The lowest BCUT2D eigenvalue weighted by atomic mass is 9.82. The van der Waals surface area contributed by atoms with Gasteiger partial charge in [-0.3, -0.25) is 0 Å². The smallest absolute Gasteiger partial charge is 0.0538 e. The highest BCUT2D eigenvalue weighted by atomic mass is 15.1. The summed E-state index contributed by atoms with van der Waals surface area (Å²) in [6.45, 7) is 8.71. The van der Waals surface area contributed by atoms with Gasteiger partial charge in [-0.1, -0.05) is 143 Å². The molecule has 0 amide bonds. The summed E-state index contributed by atoms with van der Waals surface area (Å²) in [6.07, 6.45) is 6.75. The van der Waals surface area contributed by atoms with E-state index in [1.54, 1.807) is 0 Å². The highest BCUT2D eigenvalue weighted by Gasteiger charge is 2.35. The van der Waals surface area contributed by atoms with Gasteiger partial charge in [0.15, 0.2) is 0 Å². The fraction of sp³-hybridized carbons (Fsp3) is 0.132. The predicted octanol–water partition coefficient (Wildman–Crippen LogP) is 14.7. The lowest BCUT2D eigenvalue weighted by molar-refractivity contribution is 0.660. The summed E-state index contributed by atoms with van der Waals surface area (Å²) in [5.74, 6) is 0. The van der Waals surface area contributed by atoms with Crippen molar-refractivity contribution in [2.45, 2.75) is 46.0 Å². The highest BCUT2D eigenvalue weighted by Crippen LogP contribution is 2.50. The summed E-state index contributed by atoms with van der Waals surface area (Å²) in [5.41, 5.74) is 18.9. The van der Waals surface area contributed by atoms with Gasteiger partial charge in [0.1, 0.15) is 0 Å². The first kappa shape index (κ1) is 34.4. The minimum atomic E-state index is -0.0816. The minimum Gasteiger partial charge on any atom is -0.310 e. The van der Waals surface area contributed by atoms with Crippen molar-refractivity contribution in [2.24, 2.45) is 0 Å². The average Bonchev–Trinajstić information content (AvgIpc) is 3.70. The van der Waals surface area contributed by atoms with Gasteiger partial charge >= 0.3 is 0 Å². The largest absolute Gasteiger partial charge is 0.310 e. The zero-order valence-electron chi connectivity index (χ0n) is 32.1. The van der Waals surface area contributed by atoms with E-state index in [4.69, 9.17) is 0 Å². The van der Waals surface area contributed by atoms with Crippen LogP contribution in [0.3, 0.4) is 0 Å². The second-order valence-corrected chi connectivity index (χ2v) is 14.9. The van der Waals surface area contributed by atoms with Gasteiger partial charge in [0, 0.05) is 39.2 Å². The standard InChI is InChI=1S/C51H40N2.C2H6/c1-51(2)47-19-11-9-17-43(47)44-31-30-42(34-48(44)51)52(40-26-21-36(22-27-40)35-13-5-3-6-14-35)41-28-23-37(24-29-41)38-25-32-50-46(33-38)45-18-10-12-20-49(45)53(50)39-15-7-4-8-16-39;1-2/h3-9,11-17,19-34H,10,18H2,1-2H3;1-2H3. The number of fused-ring (bicyclic) bond motifs is 6. The molecule has 8 aromatic rings. The van der Waals surface area contributed by atoms with Crippen LogP contribution in [0.5, 0.6) is 0 Å². The van der Waals surface area contributed by atoms with Crippen molar-refractivity contribution in [1.29, 1.82) is 0 Å². The normalized spacial score (nSPS) is 13.4. The van der Waals surface area contributed by atoms with E-state index in [1.165, 1.54) is 72.4 Å². The molecule has 0 unspecified atom stereocenters. The molecule has 0 saturated carbocycles. The van der Waals surface area contributed by atoms with Crippen molar-refractivity contribution in [3.63, 3.8) is 0 Å². The van der Waals surface area contributed by atoms with Gasteiger partial charge in [-0.05, 0) is 130 Å². The molecule has 10 rings (SSSR count). The van der Waals surface area contributed by atoms with Crippen LogP contribution in [-0.2, 0) is 11.8 Å². The molecule has 268 valence electrons. The van der Waals surface area contributed by atoms with Gasteiger partial charge in [-0.2, -0.15) is 0 Å². The molecule has 1 aromatic heterocycles. The van der Waals surface area contributed by atoms with Crippen molar-refractivity contribution >= 4 is 34.0 Å². The molecule has 0 bridgehead atoms. The Morgan fingerprint density at radius 3 is 1.78 bits per heavy atom. The summed E-state index contributed by atoms with van der Waals surface area (Å²) >= 11 is 0. The van der Waals surface area contributed by atoms with E-state index >= 15 is 0 Å². The molecule has 55 heavy (non-hydrogen) atoms. The van der Waals surface area contributed by atoms with Crippen LogP contribution in [0.4, 0.5) is 17.1 Å². The number of allylic oxidation sites excluding steroid dienone is 1. The van der Waals surface area contributed by atoms with E-state index in [0.29, 0.717) is 0 Å². The number of para-hydroxylation sites is 1. The quantitative estimate of drug-likeness (QED) is 0.167. The molecule has 2 nitrogen and oxygen atoms in total. The van der Waals surface area contributed by atoms with Crippen LogP contribution in [0, 0.1) is 0 Å². The third-order valence-corrected chi connectivity index (χ3v) is 11.5. The molecule has 2 aliphatic carbocycles. The number of rotatable bonds is 6. The number of hydrogen-bond acceptors (Lipinski definition) is 1. The Hall–Kier alpha value is -6.38. The highest BCUT2D eigenvalue weighted by molar-refractivity contribution is 5.94. The fourth-order valence-electron chi connectivity index (χ4n) is 8.79. The maximum atomic E-state index is 2.42. The van der Waals surface area contributed by atoms with Gasteiger partial charge in [-0.25, -0.2) is 0 Å². The molecule has 0 aliphatic heterocycles. The average molecular weight is 711 g/mol. The maximum Gasteiger partial charge on any atom is 0.0538 e.